The van der Waals surface area contributed by atoms with Crippen molar-refractivity contribution in [2.24, 2.45) is 0 Å². The highest BCUT2D eigenvalue weighted by Gasteiger charge is 2.21. The van der Waals surface area contributed by atoms with Gasteiger partial charge in [0.2, 0.25) is 11.8 Å². The first-order valence-electron chi connectivity index (χ1n) is 8.70. The predicted octanol–water partition coefficient (Wildman–Crippen LogP) is 4.13. The van der Waals surface area contributed by atoms with E-state index in [0.29, 0.717) is 18.1 Å². The monoisotopic (exact) mass is 372 g/mol. The van der Waals surface area contributed by atoms with Gasteiger partial charge < -0.3 is 9.80 Å². The second-order valence-corrected chi connectivity index (χ2v) is 7.04. The Morgan fingerprint density at radius 1 is 0.923 bits per heavy atom. The number of halogens is 1. The summed E-state index contributed by atoms with van der Waals surface area (Å²) in [5.41, 5.74) is 2.01. The minimum atomic E-state index is -0.128. The lowest BCUT2D eigenvalue weighted by molar-refractivity contribution is -0.141. The highest BCUT2D eigenvalue weighted by molar-refractivity contribution is 6.30. The Morgan fingerprint density at radius 2 is 1.50 bits per heavy atom. The van der Waals surface area contributed by atoms with E-state index in [2.05, 4.69) is 0 Å². The molecule has 0 atom stereocenters. The van der Waals surface area contributed by atoms with Crippen molar-refractivity contribution in [3.63, 3.8) is 0 Å². The lowest BCUT2D eigenvalue weighted by Gasteiger charge is -2.30. The summed E-state index contributed by atoms with van der Waals surface area (Å²) >= 11 is 5.91. The van der Waals surface area contributed by atoms with Gasteiger partial charge in [-0.2, -0.15) is 0 Å². The molecule has 4 nitrogen and oxygen atoms in total. The zero-order valence-electron chi connectivity index (χ0n) is 15.5. The second-order valence-electron chi connectivity index (χ2n) is 6.60. The van der Waals surface area contributed by atoms with E-state index in [4.69, 9.17) is 11.6 Å². The molecule has 0 spiro atoms. The molecule has 2 aromatic rings. The molecule has 2 amide bonds. The van der Waals surface area contributed by atoms with Gasteiger partial charge in [-0.25, -0.2) is 0 Å². The van der Waals surface area contributed by atoms with E-state index in [1.165, 1.54) is 6.92 Å². The Hall–Kier alpha value is -2.33. The fourth-order valence-corrected chi connectivity index (χ4v) is 2.81. The molecule has 0 heterocycles. The van der Waals surface area contributed by atoms with E-state index in [1.807, 2.05) is 56.3 Å². The molecule has 0 fully saturated rings. The van der Waals surface area contributed by atoms with Gasteiger partial charge in [0.25, 0.3) is 0 Å². The van der Waals surface area contributed by atoms with Crippen molar-refractivity contribution in [1.29, 1.82) is 0 Å². The number of carbonyl (C=O) groups excluding carboxylic acids is 2. The van der Waals surface area contributed by atoms with Crippen LogP contribution in [0.4, 0.5) is 0 Å². The topological polar surface area (TPSA) is 40.6 Å². The number of hydrogen-bond donors (Lipinski definition) is 0. The van der Waals surface area contributed by atoms with Crippen LogP contribution in [0.15, 0.2) is 54.6 Å². The van der Waals surface area contributed by atoms with Gasteiger partial charge in [0.15, 0.2) is 0 Å². The third-order valence-corrected chi connectivity index (χ3v) is 4.45. The van der Waals surface area contributed by atoms with Gasteiger partial charge in [0.1, 0.15) is 6.54 Å². The van der Waals surface area contributed by atoms with Gasteiger partial charge in [0.05, 0.1) is 0 Å². The zero-order chi connectivity index (χ0) is 19.1. The number of rotatable bonds is 7. The van der Waals surface area contributed by atoms with E-state index in [0.717, 1.165) is 11.1 Å². The van der Waals surface area contributed by atoms with E-state index in [1.54, 1.807) is 21.9 Å². The standard InChI is InChI=1S/C21H25ClN2O2/c1-16(2)24(14-18-7-5-4-6-8-18)21(26)15-23(17(3)25)13-19-9-11-20(22)12-10-19/h4-12,16H,13-15H2,1-3H3. The van der Waals surface area contributed by atoms with Gasteiger partial charge in [-0.1, -0.05) is 54.1 Å². The minimum Gasteiger partial charge on any atom is -0.334 e. The van der Waals surface area contributed by atoms with Crippen LogP contribution >= 0.6 is 11.6 Å². The first kappa shape index (κ1) is 20.0. The van der Waals surface area contributed by atoms with Crippen LogP contribution in [0.1, 0.15) is 31.9 Å². The first-order chi connectivity index (χ1) is 12.4. The van der Waals surface area contributed by atoms with E-state index < -0.39 is 0 Å². The molecule has 0 aliphatic heterocycles. The Labute approximate surface area is 160 Å². The maximum atomic E-state index is 12.9. The fraction of sp³-hybridized carbons (Fsp3) is 0.333. The lowest BCUT2D eigenvalue weighted by Crippen LogP contribution is -2.44. The molecule has 0 radical (unpaired) electrons. The quantitative estimate of drug-likeness (QED) is 0.733. The molecular formula is C21H25ClN2O2. The molecular weight excluding hydrogens is 348 g/mol. The smallest absolute Gasteiger partial charge is 0.242 e. The van der Waals surface area contributed by atoms with Gasteiger partial charge in [-0.15, -0.1) is 0 Å². The third kappa shape index (κ3) is 5.88. The Morgan fingerprint density at radius 3 is 2.04 bits per heavy atom. The van der Waals surface area contributed by atoms with Crippen LogP contribution in [0.3, 0.4) is 0 Å². The van der Waals surface area contributed by atoms with E-state index >= 15 is 0 Å². The Bertz CT molecular complexity index is 729. The first-order valence-corrected chi connectivity index (χ1v) is 9.08. The van der Waals surface area contributed by atoms with Crippen LogP contribution in [0, 0.1) is 0 Å². The molecule has 0 N–H and O–H groups in total. The molecule has 0 bridgehead atoms. The van der Waals surface area contributed by atoms with Crippen molar-refractivity contribution in [2.75, 3.05) is 6.54 Å². The Kier molecular flexibility index (Phi) is 7.22. The van der Waals surface area contributed by atoms with Crippen LogP contribution in [0.5, 0.6) is 0 Å². The van der Waals surface area contributed by atoms with Gasteiger partial charge in [-0.3, -0.25) is 9.59 Å². The second kappa shape index (κ2) is 9.39. The summed E-state index contributed by atoms with van der Waals surface area (Å²) in [6.07, 6.45) is 0. The molecule has 0 aliphatic carbocycles. The van der Waals surface area contributed by atoms with Gasteiger partial charge >= 0.3 is 0 Å². The summed E-state index contributed by atoms with van der Waals surface area (Å²) in [5.74, 6) is -0.190. The fourth-order valence-electron chi connectivity index (χ4n) is 2.68. The summed E-state index contributed by atoms with van der Waals surface area (Å²) in [5, 5.41) is 0.646. The summed E-state index contributed by atoms with van der Waals surface area (Å²) < 4.78 is 0. The van der Waals surface area contributed by atoms with Crippen molar-refractivity contribution in [2.45, 2.75) is 39.9 Å². The normalized spacial score (nSPS) is 10.7. The number of hydrogen-bond acceptors (Lipinski definition) is 2. The minimum absolute atomic E-state index is 0.0482. The highest BCUT2D eigenvalue weighted by Crippen LogP contribution is 2.13. The predicted molar refractivity (Wildman–Crippen MR) is 105 cm³/mol. The lowest BCUT2D eigenvalue weighted by atomic mass is 10.1. The molecule has 2 aromatic carbocycles. The largest absolute Gasteiger partial charge is 0.334 e. The van der Waals surface area contributed by atoms with Gasteiger partial charge in [0, 0.05) is 31.1 Å². The van der Waals surface area contributed by atoms with Crippen molar-refractivity contribution in [3.8, 4) is 0 Å². The number of benzene rings is 2. The summed E-state index contributed by atoms with van der Waals surface area (Å²) in [6, 6.07) is 17.2. The molecule has 5 heteroatoms. The van der Waals surface area contributed by atoms with E-state index in [-0.39, 0.29) is 24.4 Å². The number of amides is 2. The van der Waals surface area contributed by atoms with Crippen molar-refractivity contribution >= 4 is 23.4 Å². The van der Waals surface area contributed by atoms with Crippen LogP contribution < -0.4 is 0 Å². The molecule has 0 unspecified atom stereocenters. The van der Waals surface area contributed by atoms with Crippen LogP contribution in [-0.4, -0.2) is 34.2 Å². The zero-order valence-corrected chi connectivity index (χ0v) is 16.2. The summed E-state index contributed by atoms with van der Waals surface area (Å²) in [7, 11) is 0. The SMILES string of the molecule is CC(=O)N(CC(=O)N(Cc1ccccc1)C(C)C)Cc1ccc(Cl)cc1. The molecule has 0 aromatic heterocycles. The molecule has 0 saturated carbocycles. The molecule has 2 rings (SSSR count). The summed E-state index contributed by atoms with van der Waals surface area (Å²) in [4.78, 5) is 28.2. The highest BCUT2D eigenvalue weighted by atomic mass is 35.5. The molecule has 26 heavy (non-hydrogen) atoms. The van der Waals surface area contributed by atoms with Crippen molar-refractivity contribution in [3.05, 3.63) is 70.7 Å². The number of carbonyl (C=O) groups is 2. The van der Waals surface area contributed by atoms with Gasteiger partial charge in [-0.05, 0) is 37.1 Å². The average Bonchev–Trinajstić information content (AvgIpc) is 2.61. The maximum Gasteiger partial charge on any atom is 0.242 e. The average molecular weight is 373 g/mol. The van der Waals surface area contributed by atoms with Crippen LogP contribution in [0.25, 0.3) is 0 Å². The van der Waals surface area contributed by atoms with Crippen LogP contribution in [0.2, 0.25) is 5.02 Å². The maximum absolute atomic E-state index is 12.9. The number of nitrogens with zero attached hydrogens (tertiary/aromatic N) is 2. The summed E-state index contributed by atoms with van der Waals surface area (Å²) in [6.45, 7) is 6.43. The molecule has 138 valence electrons. The van der Waals surface area contributed by atoms with Crippen LogP contribution in [-0.2, 0) is 22.7 Å². The molecule has 0 aliphatic rings. The molecule has 0 saturated heterocycles. The third-order valence-electron chi connectivity index (χ3n) is 4.20. The van der Waals surface area contributed by atoms with Crippen molar-refractivity contribution in [1.82, 2.24) is 9.80 Å². The van der Waals surface area contributed by atoms with Crippen molar-refractivity contribution < 1.29 is 9.59 Å². The Balaban J connectivity index is 2.08. The van der Waals surface area contributed by atoms with E-state index in [9.17, 15) is 9.59 Å².